The highest BCUT2D eigenvalue weighted by molar-refractivity contribution is 5.94. The number of pyridine rings is 1. The molecule has 0 aromatic carbocycles. The van der Waals surface area contributed by atoms with Gasteiger partial charge >= 0.3 is 0 Å². The molecule has 6 nitrogen and oxygen atoms in total. The van der Waals surface area contributed by atoms with Crippen LogP contribution in [0.25, 0.3) is 0 Å². The van der Waals surface area contributed by atoms with Crippen molar-refractivity contribution in [2.75, 3.05) is 11.9 Å². The van der Waals surface area contributed by atoms with Crippen molar-refractivity contribution in [3.8, 4) is 0 Å². The predicted octanol–water partition coefficient (Wildman–Crippen LogP) is 3.26. The van der Waals surface area contributed by atoms with E-state index >= 15 is 0 Å². The average Bonchev–Trinajstić information content (AvgIpc) is 2.82. The minimum Gasteiger partial charge on any atom is -0.365 e. The topological polar surface area (TPSA) is 80.0 Å². The molecule has 0 aliphatic carbocycles. The fraction of sp³-hybridized carbons (Fsp3) is 0.500. The average molecular weight is 330 g/mol. The molecule has 0 spiro atoms. The second-order valence-electron chi connectivity index (χ2n) is 6.97. The van der Waals surface area contributed by atoms with E-state index in [1.54, 1.807) is 12.3 Å². The number of aromatic nitrogens is 2. The molecule has 6 heteroatoms. The summed E-state index contributed by atoms with van der Waals surface area (Å²) in [6.45, 7) is 10.6. The zero-order valence-electron chi connectivity index (χ0n) is 15.1. The number of anilines is 1. The lowest BCUT2D eigenvalue weighted by atomic mass is 10.1. The number of amides is 1. The van der Waals surface area contributed by atoms with Crippen molar-refractivity contribution in [3.05, 3.63) is 40.9 Å². The number of rotatable bonds is 6. The Hall–Kier alpha value is -2.37. The van der Waals surface area contributed by atoms with Gasteiger partial charge in [0, 0.05) is 23.8 Å². The van der Waals surface area contributed by atoms with Gasteiger partial charge in [0.25, 0.3) is 5.91 Å². The molecule has 1 amide bonds. The summed E-state index contributed by atoms with van der Waals surface area (Å²) in [5.41, 5.74) is 2.55. The molecule has 2 heterocycles. The molecule has 0 aliphatic heterocycles. The summed E-state index contributed by atoms with van der Waals surface area (Å²) in [7, 11) is 0. The number of carbonyl (C=O) groups is 1. The van der Waals surface area contributed by atoms with E-state index in [1.807, 2.05) is 19.9 Å². The molecule has 0 saturated carbocycles. The number of nitrogens with zero attached hydrogens (tertiary/aromatic N) is 2. The van der Waals surface area contributed by atoms with Crippen molar-refractivity contribution in [3.63, 3.8) is 0 Å². The van der Waals surface area contributed by atoms with Gasteiger partial charge in [-0.05, 0) is 59.6 Å². The number of hydrogen-bond acceptors (Lipinski definition) is 5. The van der Waals surface area contributed by atoms with E-state index in [0.717, 1.165) is 35.7 Å². The third-order valence-electron chi connectivity index (χ3n) is 3.60. The maximum absolute atomic E-state index is 12.1. The van der Waals surface area contributed by atoms with Crippen LogP contribution >= 0.6 is 0 Å². The van der Waals surface area contributed by atoms with Crippen LogP contribution in [0.3, 0.4) is 0 Å². The lowest BCUT2D eigenvalue weighted by molar-refractivity contribution is 0.0953. The van der Waals surface area contributed by atoms with E-state index < -0.39 is 0 Å². The highest BCUT2D eigenvalue weighted by Crippen LogP contribution is 2.14. The van der Waals surface area contributed by atoms with Crippen LogP contribution in [0.5, 0.6) is 0 Å². The van der Waals surface area contributed by atoms with Crippen LogP contribution < -0.4 is 10.6 Å². The molecule has 2 rings (SSSR count). The van der Waals surface area contributed by atoms with Gasteiger partial charge in [0.2, 0.25) is 0 Å². The van der Waals surface area contributed by atoms with Crippen LogP contribution in [0.15, 0.2) is 22.9 Å². The van der Waals surface area contributed by atoms with E-state index in [0.29, 0.717) is 12.1 Å². The highest BCUT2D eigenvalue weighted by atomic mass is 16.5. The Bertz CT molecular complexity index is 665. The van der Waals surface area contributed by atoms with E-state index in [-0.39, 0.29) is 11.4 Å². The quantitative estimate of drug-likeness (QED) is 0.795. The standard InChI is InChI=1S/C18H26N4O2/c1-12-15(13(2)24-22-12)7-6-10-19-17(23)14-8-9-16(20-11-14)21-18(3,4)5/h8-9,11H,6-7,10H2,1-5H3,(H,19,23)(H,20,21). The van der Waals surface area contributed by atoms with E-state index in [9.17, 15) is 4.79 Å². The maximum Gasteiger partial charge on any atom is 0.252 e. The molecule has 0 radical (unpaired) electrons. The molecule has 0 unspecified atom stereocenters. The molecule has 0 fully saturated rings. The summed E-state index contributed by atoms with van der Waals surface area (Å²) >= 11 is 0. The molecule has 0 aliphatic rings. The number of aryl methyl sites for hydroxylation is 2. The van der Waals surface area contributed by atoms with Gasteiger partial charge in [0.1, 0.15) is 11.6 Å². The first-order valence-electron chi connectivity index (χ1n) is 8.20. The first-order chi connectivity index (χ1) is 11.3. The maximum atomic E-state index is 12.1. The fourth-order valence-electron chi connectivity index (χ4n) is 2.41. The molecular weight excluding hydrogens is 304 g/mol. The summed E-state index contributed by atoms with van der Waals surface area (Å²) in [5.74, 6) is 1.51. The fourth-order valence-corrected chi connectivity index (χ4v) is 2.41. The number of hydrogen-bond donors (Lipinski definition) is 2. The lowest BCUT2D eigenvalue weighted by Gasteiger charge is -2.21. The molecule has 24 heavy (non-hydrogen) atoms. The van der Waals surface area contributed by atoms with Gasteiger partial charge in [0.15, 0.2) is 0 Å². The second-order valence-corrected chi connectivity index (χ2v) is 6.97. The molecular formula is C18H26N4O2. The van der Waals surface area contributed by atoms with Crippen molar-refractivity contribution in [2.24, 2.45) is 0 Å². The Labute approximate surface area is 143 Å². The van der Waals surface area contributed by atoms with Gasteiger partial charge in [-0.25, -0.2) is 4.98 Å². The van der Waals surface area contributed by atoms with Gasteiger partial charge < -0.3 is 15.2 Å². The predicted molar refractivity (Wildman–Crippen MR) is 94.2 cm³/mol. The Morgan fingerprint density at radius 1 is 1.25 bits per heavy atom. The molecule has 2 aromatic heterocycles. The van der Waals surface area contributed by atoms with Crippen LogP contribution in [-0.2, 0) is 6.42 Å². The minimum absolute atomic E-state index is 0.0605. The molecule has 2 aromatic rings. The molecule has 0 saturated heterocycles. The first-order valence-corrected chi connectivity index (χ1v) is 8.20. The van der Waals surface area contributed by atoms with Crippen molar-refractivity contribution >= 4 is 11.7 Å². The third-order valence-corrected chi connectivity index (χ3v) is 3.60. The van der Waals surface area contributed by atoms with Crippen molar-refractivity contribution in [1.29, 1.82) is 0 Å². The monoisotopic (exact) mass is 330 g/mol. The lowest BCUT2D eigenvalue weighted by Crippen LogP contribution is -2.27. The van der Waals surface area contributed by atoms with E-state index in [4.69, 9.17) is 4.52 Å². The minimum atomic E-state index is -0.108. The van der Waals surface area contributed by atoms with Gasteiger partial charge in [-0.3, -0.25) is 4.79 Å². The normalized spacial score (nSPS) is 11.4. The molecule has 2 N–H and O–H groups in total. The number of carbonyl (C=O) groups excluding carboxylic acids is 1. The van der Waals surface area contributed by atoms with Gasteiger partial charge in [0.05, 0.1) is 11.3 Å². The summed E-state index contributed by atoms with van der Waals surface area (Å²) < 4.78 is 5.14. The largest absolute Gasteiger partial charge is 0.365 e. The van der Waals surface area contributed by atoms with Gasteiger partial charge in [-0.2, -0.15) is 0 Å². The zero-order valence-corrected chi connectivity index (χ0v) is 15.1. The number of nitrogens with one attached hydrogen (secondary N) is 2. The third kappa shape index (κ3) is 5.08. The van der Waals surface area contributed by atoms with Crippen LogP contribution in [-0.4, -0.2) is 28.1 Å². The molecule has 130 valence electrons. The first kappa shape index (κ1) is 18.0. The van der Waals surface area contributed by atoms with Crippen molar-refractivity contribution < 1.29 is 9.32 Å². The summed E-state index contributed by atoms with van der Waals surface area (Å²) in [6.07, 6.45) is 3.28. The summed E-state index contributed by atoms with van der Waals surface area (Å²) in [5, 5.41) is 10.1. The smallest absolute Gasteiger partial charge is 0.252 e. The van der Waals surface area contributed by atoms with E-state index in [2.05, 4.69) is 41.5 Å². The Morgan fingerprint density at radius 2 is 2.00 bits per heavy atom. The van der Waals surface area contributed by atoms with Crippen LogP contribution in [0.2, 0.25) is 0 Å². The molecule has 0 bridgehead atoms. The van der Waals surface area contributed by atoms with Crippen molar-refractivity contribution in [2.45, 2.75) is 53.0 Å². The van der Waals surface area contributed by atoms with Crippen LogP contribution in [0.4, 0.5) is 5.82 Å². The Balaban J connectivity index is 1.80. The highest BCUT2D eigenvalue weighted by Gasteiger charge is 2.12. The van der Waals surface area contributed by atoms with Gasteiger partial charge in [-0.15, -0.1) is 0 Å². The second kappa shape index (κ2) is 7.47. The summed E-state index contributed by atoms with van der Waals surface area (Å²) in [4.78, 5) is 16.4. The van der Waals surface area contributed by atoms with Crippen molar-refractivity contribution in [1.82, 2.24) is 15.5 Å². The Kier molecular flexibility index (Phi) is 5.59. The Morgan fingerprint density at radius 3 is 2.54 bits per heavy atom. The SMILES string of the molecule is Cc1noc(C)c1CCCNC(=O)c1ccc(NC(C)(C)C)nc1. The van der Waals surface area contributed by atoms with E-state index in [1.165, 1.54) is 0 Å². The van der Waals surface area contributed by atoms with Crippen LogP contribution in [0, 0.1) is 13.8 Å². The van der Waals surface area contributed by atoms with Gasteiger partial charge in [-0.1, -0.05) is 5.16 Å². The summed E-state index contributed by atoms with van der Waals surface area (Å²) in [6, 6.07) is 3.61. The molecule has 0 atom stereocenters. The zero-order chi connectivity index (χ0) is 17.7. The van der Waals surface area contributed by atoms with Crippen LogP contribution in [0.1, 0.15) is 54.6 Å².